The van der Waals surface area contributed by atoms with Crippen LogP contribution < -0.4 is 5.32 Å². The quantitative estimate of drug-likeness (QED) is 0.401. The molecule has 0 unspecified atom stereocenters. The maximum atomic E-state index is 12.8. The molecule has 0 saturated heterocycles. The molecule has 4 aromatic rings. The topological polar surface area (TPSA) is 81.1 Å². The zero-order chi connectivity index (χ0) is 24.3. The maximum Gasteiger partial charge on any atom is 0.251 e. The van der Waals surface area contributed by atoms with Gasteiger partial charge in [0.15, 0.2) is 9.84 Å². The Balaban J connectivity index is 1.49. The van der Waals surface area contributed by atoms with Gasteiger partial charge in [0.25, 0.3) is 5.91 Å². The van der Waals surface area contributed by atoms with Crippen LogP contribution in [0.3, 0.4) is 0 Å². The second-order valence-corrected chi connectivity index (χ2v) is 10.6. The van der Waals surface area contributed by atoms with Crippen LogP contribution in [0.25, 0.3) is 10.9 Å². The Bertz CT molecular complexity index is 1420. The van der Waals surface area contributed by atoms with Gasteiger partial charge in [-0.3, -0.25) is 9.78 Å². The van der Waals surface area contributed by atoms with Gasteiger partial charge in [0, 0.05) is 53.6 Å². The molecule has 0 bridgehead atoms. The van der Waals surface area contributed by atoms with E-state index < -0.39 is 9.84 Å². The van der Waals surface area contributed by atoms with Crippen LogP contribution in [0, 0.1) is 6.92 Å². The van der Waals surface area contributed by atoms with Gasteiger partial charge in [0.1, 0.15) is 0 Å². The predicted molar refractivity (Wildman–Crippen MR) is 135 cm³/mol. The molecule has 176 valence electrons. The number of amides is 1. The molecular formula is C27H29N3O3S. The number of sulfone groups is 1. The summed E-state index contributed by atoms with van der Waals surface area (Å²) < 4.78 is 26.2. The predicted octanol–water partition coefficient (Wildman–Crippen LogP) is 4.68. The zero-order valence-electron chi connectivity index (χ0n) is 19.7. The minimum absolute atomic E-state index is 0.0644. The van der Waals surface area contributed by atoms with Crippen molar-refractivity contribution in [3.63, 3.8) is 0 Å². The largest absolute Gasteiger partial charge is 0.348 e. The second-order valence-electron chi connectivity index (χ2n) is 8.37. The number of hydrogen-bond acceptors (Lipinski definition) is 4. The van der Waals surface area contributed by atoms with Crippen LogP contribution in [-0.2, 0) is 29.3 Å². The molecule has 0 atom stereocenters. The van der Waals surface area contributed by atoms with E-state index in [0.29, 0.717) is 17.0 Å². The Morgan fingerprint density at radius 1 is 0.971 bits per heavy atom. The van der Waals surface area contributed by atoms with Crippen molar-refractivity contribution in [2.45, 2.75) is 45.2 Å². The second kappa shape index (κ2) is 9.81. The molecule has 0 aliphatic heterocycles. The van der Waals surface area contributed by atoms with Gasteiger partial charge in [-0.1, -0.05) is 25.1 Å². The van der Waals surface area contributed by atoms with E-state index in [9.17, 15) is 13.2 Å². The van der Waals surface area contributed by atoms with Crippen molar-refractivity contribution >= 4 is 26.6 Å². The molecule has 2 heterocycles. The summed E-state index contributed by atoms with van der Waals surface area (Å²) in [6.07, 6.45) is 2.69. The van der Waals surface area contributed by atoms with E-state index in [1.54, 1.807) is 31.2 Å². The summed E-state index contributed by atoms with van der Waals surface area (Å²) in [5, 5.41) is 3.96. The van der Waals surface area contributed by atoms with E-state index in [2.05, 4.69) is 33.9 Å². The monoisotopic (exact) mass is 475 g/mol. The van der Waals surface area contributed by atoms with Crippen molar-refractivity contribution < 1.29 is 13.2 Å². The minimum Gasteiger partial charge on any atom is -0.348 e. The summed E-state index contributed by atoms with van der Waals surface area (Å²) in [6.45, 7) is 6.88. The van der Waals surface area contributed by atoms with Crippen LogP contribution in [0.4, 0.5) is 0 Å². The molecule has 0 saturated carbocycles. The highest BCUT2D eigenvalue weighted by atomic mass is 32.2. The summed E-state index contributed by atoms with van der Waals surface area (Å²) >= 11 is 0. The normalized spacial score (nSPS) is 11.6. The van der Waals surface area contributed by atoms with Crippen molar-refractivity contribution in [2.24, 2.45) is 0 Å². The third-order valence-electron chi connectivity index (χ3n) is 6.04. The highest BCUT2D eigenvalue weighted by molar-refractivity contribution is 7.91. The number of pyridine rings is 1. The Morgan fingerprint density at radius 2 is 1.71 bits per heavy atom. The molecule has 0 fully saturated rings. The van der Waals surface area contributed by atoms with Gasteiger partial charge in [0.2, 0.25) is 0 Å². The van der Waals surface area contributed by atoms with Gasteiger partial charge in [-0.15, -0.1) is 0 Å². The summed E-state index contributed by atoms with van der Waals surface area (Å²) in [7, 11) is -3.23. The first-order valence-corrected chi connectivity index (χ1v) is 13.1. The molecule has 34 heavy (non-hydrogen) atoms. The highest BCUT2D eigenvalue weighted by Gasteiger charge is 2.13. The number of hydrogen-bond donors (Lipinski definition) is 1. The molecule has 0 aliphatic rings. The fourth-order valence-corrected chi connectivity index (χ4v) is 4.95. The van der Waals surface area contributed by atoms with E-state index in [1.165, 1.54) is 5.69 Å². The number of benzene rings is 2. The summed E-state index contributed by atoms with van der Waals surface area (Å²) in [5.74, 6) is -0.102. The number of carbonyl (C=O) groups is 1. The summed E-state index contributed by atoms with van der Waals surface area (Å²) in [6, 6.07) is 18.7. The standard InChI is InChI=1S/C27H29N3O3S/c1-4-30-24(14-21-7-6-19(3)28-18-21)16-23-15-22(10-13-26(23)30)27(31)29-17-20-8-11-25(12-9-20)34(32,33)5-2/h6-13,15-16,18H,4-5,14,17H2,1-3H3,(H,29,31). The van der Waals surface area contributed by atoms with Crippen LogP contribution in [-0.4, -0.2) is 29.6 Å². The van der Waals surface area contributed by atoms with Gasteiger partial charge >= 0.3 is 0 Å². The van der Waals surface area contributed by atoms with Crippen molar-refractivity contribution in [1.82, 2.24) is 14.9 Å². The van der Waals surface area contributed by atoms with Gasteiger partial charge in [-0.05, 0) is 67.4 Å². The van der Waals surface area contributed by atoms with Gasteiger partial charge in [0.05, 0.1) is 10.6 Å². The van der Waals surface area contributed by atoms with Crippen LogP contribution in [0.1, 0.15) is 46.7 Å². The van der Waals surface area contributed by atoms with E-state index >= 15 is 0 Å². The Labute approximate surface area is 200 Å². The number of rotatable bonds is 8. The minimum atomic E-state index is -3.23. The van der Waals surface area contributed by atoms with Crippen molar-refractivity contribution in [3.8, 4) is 0 Å². The van der Waals surface area contributed by atoms with E-state index in [-0.39, 0.29) is 11.7 Å². The lowest BCUT2D eigenvalue weighted by Crippen LogP contribution is -2.22. The molecule has 0 radical (unpaired) electrons. The molecule has 1 N–H and O–H groups in total. The number of carbonyl (C=O) groups excluding carboxylic acids is 1. The fraction of sp³-hybridized carbons (Fsp3) is 0.259. The lowest BCUT2D eigenvalue weighted by molar-refractivity contribution is 0.0951. The molecule has 6 nitrogen and oxygen atoms in total. The lowest BCUT2D eigenvalue weighted by atomic mass is 10.1. The SMILES string of the molecule is CCn1c(Cc2ccc(C)nc2)cc2cc(C(=O)NCc3ccc(S(=O)(=O)CC)cc3)ccc21. The van der Waals surface area contributed by atoms with Gasteiger partial charge in [-0.25, -0.2) is 8.42 Å². The zero-order valence-corrected chi connectivity index (χ0v) is 20.5. The van der Waals surface area contributed by atoms with E-state index in [1.807, 2.05) is 37.4 Å². The molecule has 0 aliphatic carbocycles. The molecule has 1 amide bonds. The number of aromatic nitrogens is 2. The number of aryl methyl sites for hydroxylation is 2. The van der Waals surface area contributed by atoms with Crippen LogP contribution in [0.2, 0.25) is 0 Å². The van der Waals surface area contributed by atoms with Gasteiger partial charge < -0.3 is 9.88 Å². The molecule has 0 spiro atoms. The molecule has 4 rings (SSSR count). The molecule has 2 aromatic carbocycles. The van der Waals surface area contributed by atoms with Crippen molar-refractivity contribution in [1.29, 1.82) is 0 Å². The van der Waals surface area contributed by atoms with E-state index in [4.69, 9.17) is 0 Å². The van der Waals surface area contributed by atoms with Crippen LogP contribution in [0.15, 0.2) is 71.8 Å². The maximum absolute atomic E-state index is 12.8. The average Bonchev–Trinajstić information content (AvgIpc) is 3.20. The fourth-order valence-electron chi connectivity index (χ4n) is 4.07. The third kappa shape index (κ3) is 5.04. The Morgan fingerprint density at radius 3 is 2.35 bits per heavy atom. The smallest absolute Gasteiger partial charge is 0.251 e. The summed E-state index contributed by atoms with van der Waals surface area (Å²) in [5.41, 5.74) is 5.87. The van der Waals surface area contributed by atoms with Gasteiger partial charge in [-0.2, -0.15) is 0 Å². The number of nitrogens with one attached hydrogen (secondary N) is 1. The first kappa shape index (κ1) is 23.7. The Hall–Kier alpha value is -3.45. The van der Waals surface area contributed by atoms with Crippen LogP contribution >= 0.6 is 0 Å². The lowest BCUT2D eigenvalue weighted by Gasteiger charge is -2.09. The molecular weight excluding hydrogens is 446 g/mol. The van der Waals surface area contributed by atoms with E-state index in [0.717, 1.165) is 40.7 Å². The third-order valence-corrected chi connectivity index (χ3v) is 7.79. The number of fused-ring (bicyclic) bond motifs is 1. The first-order valence-electron chi connectivity index (χ1n) is 11.4. The van der Waals surface area contributed by atoms with Crippen molar-refractivity contribution in [2.75, 3.05) is 5.75 Å². The molecule has 2 aromatic heterocycles. The highest BCUT2D eigenvalue weighted by Crippen LogP contribution is 2.24. The summed E-state index contributed by atoms with van der Waals surface area (Å²) in [4.78, 5) is 17.5. The Kier molecular flexibility index (Phi) is 6.84. The van der Waals surface area contributed by atoms with Crippen molar-refractivity contribution in [3.05, 3.63) is 94.9 Å². The first-order chi connectivity index (χ1) is 16.3. The van der Waals surface area contributed by atoms with Crippen LogP contribution in [0.5, 0.6) is 0 Å². The molecule has 7 heteroatoms. The average molecular weight is 476 g/mol. The number of nitrogens with zero attached hydrogens (tertiary/aromatic N) is 2.